The fourth-order valence-electron chi connectivity index (χ4n) is 2.85. The van der Waals surface area contributed by atoms with Crippen molar-refractivity contribution < 1.29 is 28.5 Å². The zero-order valence-corrected chi connectivity index (χ0v) is 18.5. The van der Waals surface area contributed by atoms with Gasteiger partial charge in [-0.25, -0.2) is 0 Å². The van der Waals surface area contributed by atoms with Gasteiger partial charge >= 0.3 is 0 Å². The predicted octanol–water partition coefficient (Wildman–Crippen LogP) is 4.84. The highest BCUT2D eigenvalue weighted by Gasteiger charge is 2.15. The number of benzene rings is 2. The van der Waals surface area contributed by atoms with Crippen LogP contribution in [0.1, 0.15) is 48.4 Å². The monoisotopic (exact) mass is 414 g/mol. The Labute approximate surface area is 178 Å². The van der Waals surface area contributed by atoms with Crippen molar-refractivity contribution in [1.29, 1.82) is 0 Å². The Hall–Kier alpha value is -3.02. The van der Waals surface area contributed by atoms with E-state index in [2.05, 4.69) is 0 Å². The van der Waals surface area contributed by atoms with Crippen LogP contribution in [0.3, 0.4) is 0 Å². The van der Waals surface area contributed by atoms with Crippen LogP contribution in [0.5, 0.6) is 23.0 Å². The molecule has 0 amide bonds. The van der Waals surface area contributed by atoms with Gasteiger partial charge < -0.3 is 18.9 Å². The average Bonchev–Trinajstić information content (AvgIpc) is 2.75. The van der Waals surface area contributed by atoms with Crippen LogP contribution < -0.4 is 18.9 Å². The molecule has 0 heterocycles. The molecule has 0 N–H and O–H groups in total. The van der Waals surface area contributed by atoms with E-state index in [-0.39, 0.29) is 36.6 Å². The van der Waals surface area contributed by atoms with E-state index in [4.69, 9.17) is 18.9 Å². The summed E-state index contributed by atoms with van der Waals surface area (Å²) < 4.78 is 22.2. The number of Topliss-reactive ketones (excluding diaryl/α,β-unsaturated/α-hetero) is 2. The minimum absolute atomic E-state index is 0.0506. The predicted molar refractivity (Wildman–Crippen MR) is 115 cm³/mol. The SMILES string of the molecule is COc1cc(C(=O)C(C)C)ccc1OCCOc1ccc(C(=O)C(C)C)cc1OC. The van der Waals surface area contributed by atoms with Gasteiger partial charge in [-0.1, -0.05) is 27.7 Å². The second-order valence-electron chi connectivity index (χ2n) is 7.47. The summed E-state index contributed by atoms with van der Waals surface area (Å²) in [5.74, 6) is 1.98. The summed E-state index contributed by atoms with van der Waals surface area (Å²) in [5.41, 5.74) is 1.18. The molecule has 0 aliphatic heterocycles. The Morgan fingerprint density at radius 2 is 1.03 bits per heavy atom. The molecule has 2 rings (SSSR count). The van der Waals surface area contributed by atoms with Crippen molar-refractivity contribution in [2.75, 3.05) is 27.4 Å². The number of hydrogen-bond donors (Lipinski definition) is 0. The summed E-state index contributed by atoms with van der Waals surface area (Å²) in [7, 11) is 3.07. The summed E-state index contributed by atoms with van der Waals surface area (Å²) in [6.07, 6.45) is 0. The van der Waals surface area contributed by atoms with E-state index in [1.54, 1.807) is 36.4 Å². The molecule has 6 nitrogen and oxygen atoms in total. The van der Waals surface area contributed by atoms with Crippen LogP contribution in [0.15, 0.2) is 36.4 Å². The molecule has 0 radical (unpaired) electrons. The number of methoxy groups -OCH3 is 2. The highest BCUT2D eigenvalue weighted by atomic mass is 16.5. The zero-order chi connectivity index (χ0) is 22.3. The van der Waals surface area contributed by atoms with E-state index in [0.29, 0.717) is 34.1 Å². The smallest absolute Gasteiger partial charge is 0.165 e. The van der Waals surface area contributed by atoms with Gasteiger partial charge in [-0.15, -0.1) is 0 Å². The van der Waals surface area contributed by atoms with Gasteiger partial charge in [0.1, 0.15) is 13.2 Å². The molecule has 0 unspecified atom stereocenters. The van der Waals surface area contributed by atoms with Crippen LogP contribution >= 0.6 is 0 Å². The topological polar surface area (TPSA) is 71.1 Å². The molecule has 6 heteroatoms. The Balaban J connectivity index is 1.99. The van der Waals surface area contributed by atoms with Gasteiger partial charge in [0.15, 0.2) is 34.6 Å². The van der Waals surface area contributed by atoms with Gasteiger partial charge in [0.05, 0.1) is 14.2 Å². The van der Waals surface area contributed by atoms with E-state index >= 15 is 0 Å². The van der Waals surface area contributed by atoms with Crippen LogP contribution in [0.2, 0.25) is 0 Å². The third-order valence-corrected chi connectivity index (χ3v) is 4.54. The van der Waals surface area contributed by atoms with Crippen LogP contribution in [0, 0.1) is 11.8 Å². The largest absolute Gasteiger partial charge is 0.493 e. The van der Waals surface area contributed by atoms with Crippen LogP contribution in [-0.2, 0) is 0 Å². The summed E-state index contributed by atoms with van der Waals surface area (Å²) in [6, 6.07) is 10.3. The van der Waals surface area contributed by atoms with E-state index in [1.807, 2.05) is 27.7 Å². The second kappa shape index (κ2) is 10.7. The molecule has 0 aliphatic rings. The first kappa shape index (κ1) is 23.3. The maximum atomic E-state index is 12.2. The molecule has 2 aromatic rings. The number of ketones is 2. The molecule has 0 atom stereocenters. The van der Waals surface area contributed by atoms with Crippen LogP contribution in [-0.4, -0.2) is 39.0 Å². The normalized spacial score (nSPS) is 10.8. The Morgan fingerprint density at radius 1 is 0.667 bits per heavy atom. The fourth-order valence-corrected chi connectivity index (χ4v) is 2.85. The van der Waals surface area contributed by atoms with Crippen molar-refractivity contribution >= 4 is 11.6 Å². The first-order chi connectivity index (χ1) is 14.3. The zero-order valence-electron chi connectivity index (χ0n) is 18.5. The standard InChI is InChI=1S/C24H30O6/c1-15(2)23(25)17-7-9-19(21(13-17)27-5)29-11-12-30-20-10-8-18(14-22(20)28-6)24(26)16(3)4/h7-10,13-16H,11-12H2,1-6H3. The van der Waals surface area contributed by atoms with Crippen molar-refractivity contribution in [2.24, 2.45) is 11.8 Å². The van der Waals surface area contributed by atoms with E-state index in [9.17, 15) is 9.59 Å². The van der Waals surface area contributed by atoms with Crippen molar-refractivity contribution in [1.82, 2.24) is 0 Å². The lowest BCUT2D eigenvalue weighted by atomic mass is 10.0. The van der Waals surface area contributed by atoms with Crippen molar-refractivity contribution in [2.45, 2.75) is 27.7 Å². The lowest BCUT2D eigenvalue weighted by Gasteiger charge is -2.15. The first-order valence-corrected chi connectivity index (χ1v) is 9.98. The Kier molecular flexibility index (Phi) is 8.27. The highest BCUT2D eigenvalue weighted by Crippen LogP contribution is 2.30. The molecule has 0 aliphatic carbocycles. The minimum atomic E-state index is -0.0907. The molecular formula is C24H30O6. The highest BCUT2D eigenvalue weighted by molar-refractivity contribution is 5.98. The van der Waals surface area contributed by atoms with Crippen molar-refractivity contribution in [3.05, 3.63) is 47.5 Å². The molecule has 0 spiro atoms. The van der Waals surface area contributed by atoms with Gasteiger partial charge in [-0.3, -0.25) is 9.59 Å². The second-order valence-corrected chi connectivity index (χ2v) is 7.47. The number of carbonyl (C=O) groups excluding carboxylic acids is 2. The average molecular weight is 414 g/mol. The van der Waals surface area contributed by atoms with Gasteiger partial charge in [0.25, 0.3) is 0 Å². The van der Waals surface area contributed by atoms with E-state index in [0.717, 1.165) is 0 Å². The van der Waals surface area contributed by atoms with Gasteiger partial charge in [0, 0.05) is 23.0 Å². The summed E-state index contributed by atoms with van der Waals surface area (Å²) in [4.78, 5) is 24.3. The van der Waals surface area contributed by atoms with Crippen molar-refractivity contribution in [3.8, 4) is 23.0 Å². The molecular weight excluding hydrogens is 384 g/mol. The summed E-state index contributed by atoms with van der Waals surface area (Å²) >= 11 is 0. The number of ether oxygens (including phenoxy) is 4. The summed E-state index contributed by atoms with van der Waals surface area (Å²) in [5, 5.41) is 0. The number of rotatable bonds is 11. The molecule has 0 fully saturated rings. The maximum Gasteiger partial charge on any atom is 0.165 e. The first-order valence-electron chi connectivity index (χ1n) is 9.98. The Morgan fingerprint density at radius 3 is 1.33 bits per heavy atom. The third-order valence-electron chi connectivity index (χ3n) is 4.54. The Bertz CT molecular complexity index is 812. The number of hydrogen-bond acceptors (Lipinski definition) is 6. The molecule has 0 bridgehead atoms. The van der Waals surface area contributed by atoms with Crippen LogP contribution in [0.4, 0.5) is 0 Å². The van der Waals surface area contributed by atoms with Gasteiger partial charge in [-0.2, -0.15) is 0 Å². The van der Waals surface area contributed by atoms with Crippen LogP contribution in [0.25, 0.3) is 0 Å². The third kappa shape index (κ3) is 5.75. The lowest BCUT2D eigenvalue weighted by Crippen LogP contribution is -2.12. The molecule has 30 heavy (non-hydrogen) atoms. The quantitative estimate of drug-likeness (QED) is 0.387. The molecule has 0 saturated carbocycles. The molecule has 0 saturated heterocycles. The fraction of sp³-hybridized carbons (Fsp3) is 0.417. The molecule has 162 valence electrons. The van der Waals surface area contributed by atoms with Gasteiger partial charge in [-0.05, 0) is 36.4 Å². The number of carbonyl (C=O) groups is 2. The van der Waals surface area contributed by atoms with E-state index < -0.39 is 0 Å². The molecule has 2 aromatic carbocycles. The lowest BCUT2D eigenvalue weighted by molar-refractivity contribution is 0.0931. The van der Waals surface area contributed by atoms with E-state index in [1.165, 1.54) is 14.2 Å². The minimum Gasteiger partial charge on any atom is -0.493 e. The van der Waals surface area contributed by atoms with Crippen molar-refractivity contribution in [3.63, 3.8) is 0 Å². The maximum absolute atomic E-state index is 12.2. The summed E-state index contributed by atoms with van der Waals surface area (Å²) in [6.45, 7) is 7.96. The molecule has 0 aromatic heterocycles. The van der Waals surface area contributed by atoms with Gasteiger partial charge in [0.2, 0.25) is 0 Å².